The summed E-state index contributed by atoms with van der Waals surface area (Å²) in [5.41, 5.74) is 1.70. The van der Waals surface area contributed by atoms with Crippen molar-refractivity contribution in [2.75, 3.05) is 47.8 Å². The molecule has 1 aromatic heterocycles. The van der Waals surface area contributed by atoms with Crippen LogP contribution >= 0.6 is 33.9 Å². The predicted octanol–water partition coefficient (Wildman–Crippen LogP) is 3.84. The van der Waals surface area contributed by atoms with Crippen molar-refractivity contribution >= 4 is 46.0 Å². The average molecular weight is 709 g/mol. The number of fused-ring (bicyclic) bond motifs is 1. The van der Waals surface area contributed by atoms with E-state index in [1.54, 1.807) is 39.4 Å². The monoisotopic (exact) mass is 708 g/mol. The summed E-state index contributed by atoms with van der Waals surface area (Å²) in [5.74, 6) is 1.53. The third-order valence-electron chi connectivity index (χ3n) is 6.41. The topological polar surface area (TPSA) is 107 Å². The molecule has 0 N–H and O–H groups in total. The van der Waals surface area contributed by atoms with Crippen LogP contribution in [0.2, 0.25) is 0 Å². The molecule has 3 aromatic rings. The molecule has 0 amide bonds. The van der Waals surface area contributed by atoms with Crippen LogP contribution in [-0.4, -0.2) is 58.3 Å². The first-order chi connectivity index (χ1) is 20.3. The fourth-order valence-corrected chi connectivity index (χ4v) is 6.47. The number of carbonyl (C=O) groups is 1. The Balaban J connectivity index is 1.96. The fraction of sp³-hybridized carbons (Fsp3) is 0.367. The van der Waals surface area contributed by atoms with Gasteiger partial charge in [0, 0.05) is 12.7 Å². The summed E-state index contributed by atoms with van der Waals surface area (Å²) < 4.78 is 36.3. The highest BCUT2D eigenvalue weighted by Crippen LogP contribution is 2.41. The number of benzene rings is 2. The fourth-order valence-electron chi connectivity index (χ4n) is 4.64. The zero-order valence-corrected chi connectivity index (χ0v) is 27.3. The number of hydrogen-bond donors (Lipinski definition) is 0. The van der Waals surface area contributed by atoms with Crippen LogP contribution in [0.25, 0.3) is 6.08 Å². The minimum atomic E-state index is -0.870. The predicted molar refractivity (Wildman–Crippen MR) is 168 cm³/mol. The number of hydrogen-bond acceptors (Lipinski definition) is 10. The standard InChI is InChI=1S/C30H33IN2O8S/c1-7-39-26-19(10-9-11-21(26)37-5)25-24(29(35)41-13-12-36-4)17(3)32-30-33(25)28(34)23(42-30)16-18-14-20(31)27(40-8-2)22(15-18)38-6/h9-11,14-16,25H,7-8,12-13H2,1-6H3/b23-16+/t25-/m1/s1. The minimum absolute atomic E-state index is 0.0535. The van der Waals surface area contributed by atoms with Crippen molar-refractivity contribution in [3.63, 3.8) is 0 Å². The highest BCUT2D eigenvalue weighted by molar-refractivity contribution is 14.1. The molecule has 0 fully saturated rings. The van der Waals surface area contributed by atoms with Gasteiger partial charge in [-0.15, -0.1) is 0 Å². The van der Waals surface area contributed by atoms with Crippen molar-refractivity contribution in [1.29, 1.82) is 0 Å². The normalized spacial score (nSPS) is 14.7. The number of thiazole rings is 1. The van der Waals surface area contributed by atoms with Gasteiger partial charge >= 0.3 is 5.97 Å². The summed E-state index contributed by atoms with van der Waals surface area (Å²) in [6.07, 6.45) is 1.78. The van der Waals surface area contributed by atoms with E-state index in [1.807, 2.05) is 32.0 Å². The van der Waals surface area contributed by atoms with Crippen LogP contribution in [0.4, 0.5) is 0 Å². The molecule has 42 heavy (non-hydrogen) atoms. The second-order valence-corrected chi connectivity index (χ2v) is 11.2. The second-order valence-electron chi connectivity index (χ2n) is 8.99. The molecule has 0 aliphatic carbocycles. The number of aromatic nitrogens is 1. The van der Waals surface area contributed by atoms with Crippen molar-refractivity contribution in [3.8, 4) is 23.0 Å². The molecule has 0 spiro atoms. The number of esters is 1. The lowest BCUT2D eigenvalue weighted by molar-refractivity contribution is -0.140. The molecule has 2 heterocycles. The van der Waals surface area contributed by atoms with E-state index in [4.69, 9.17) is 28.4 Å². The minimum Gasteiger partial charge on any atom is -0.493 e. The Labute approximate surface area is 261 Å². The first-order valence-corrected chi connectivity index (χ1v) is 15.2. The van der Waals surface area contributed by atoms with Crippen LogP contribution in [-0.2, 0) is 14.3 Å². The molecule has 10 nitrogen and oxygen atoms in total. The smallest absolute Gasteiger partial charge is 0.338 e. The number of allylic oxidation sites excluding steroid dienone is 1. The summed E-state index contributed by atoms with van der Waals surface area (Å²) in [7, 11) is 4.64. The van der Waals surface area contributed by atoms with Gasteiger partial charge in [0.1, 0.15) is 12.6 Å². The third kappa shape index (κ3) is 6.35. The molecule has 12 heteroatoms. The van der Waals surface area contributed by atoms with E-state index < -0.39 is 12.0 Å². The van der Waals surface area contributed by atoms with Gasteiger partial charge in [0.15, 0.2) is 27.8 Å². The van der Waals surface area contributed by atoms with Gasteiger partial charge in [-0.1, -0.05) is 23.5 Å². The number of nitrogens with zero attached hydrogens (tertiary/aromatic N) is 2. The van der Waals surface area contributed by atoms with Crippen molar-refractivity contribution in [3.05, 3.63) is 76.0 Å². The van der Waals surface area contributed by atoms with E-state index in [0.717, 1.165) is 9.13 Å². The summed E-state index contributed by atoms with van der Waals surface area (Å²) >= 11 is 3.42. The Kier molecular flexibility index (Phi) is 10.7. The average Bonchev–Trinajstić information content (AvgIpc) is 3.27. The first kappa shape index (κ1) is 31.6. The number of carbonyl (C=O) groups excluding carboxylic acids is 1. The quantitative estimate of drug-likeness (QED) is 0.159. The van der Waals surface area contributed by atoms with Crippen LogP contribution in [0.3, 0.4) is 0 Å². The van der Waals surface area contributed by atoms with Gasteiger partial charge in [0.25, 0.3) is 5.56 Å². The third-order valence-corrected chi connectivity index (χ3v) is 8.20. The van der Waals surface area contributed by atoms with Gasteiger partial charge in [-0.25, -0.2) is 9.79 Å². The summed E-state index contributed by atoms with van der Waals surface area (Å²) in [5, 5.41) is 0. The summed E-state index contributed by atoms with van der Waals surface area (Å²) in [4.78, 5) is 32.7. The number of rotatable bonds is 12. The Bertz CT molecular complexity index is 1680. The van der Waals surface area contributed by atoms with E-state index in [1.165, 1.54) is 23.0 Å². The largest absolute Gasteiger partial charge is 0.493 e. The Morgan fingerprint density at radius 3 is 2.43 bits per heavy atom. The Morgan fingerprint density at radius 1 is 1.05 bits per heavy atom. The molecule has 0 radical (unpaired) electrons. The number of methoxy groups -OCH3 is 3. The van der Waals surface area contributed by atoms with Crippen LogP contribution in [0.1, 0.15) is 37.9 Å². The van der Waals surface area contributed by atoms with Crippen LogP contribution in [0.15, 0.2) is 51.4 Å². The number of para-hydroxylation sites is 1. The molecule has 0 saturated carbocycles. The SMILES string of the molecule is CCOc1c(I)cc(/C=c2/sc3n(c2=O)[C@H](c2cccc(OC)c2OCC)C(C(=O)OCCOC)=C(C)N=3)cc1OC. The van der Waals surface area contributed by atoms with Crippen LogP contribution in [0.5, 0.6) is 23.0 Å². The molecule has 1 aliphatic heterocycles. The molecular weight excluding hydrogens is 675 g/mol. The molecule has 0 saturated heterocycles. The molecule has 1 atom stereocenters. The zero-order chi connectivity index (χ0) is 30.4. The van der Waals surface area contributed by atoms with E-state index in [2.05, 4.69) is 27.6 Å². The first-order valence-electron chi connectivity index (χ1n) is 13.3. The summed E-state index contributed by atoms with van der Waals surface area (Å²) in [6, 6.07) is 8.25. The van der Waals surface area contributed by atoms with Gasteiger partial charge in [0.2, 0.25) is 0 Å². The van der Waals surface area contributed by atoms with Crippen molar-refractivity contribution < 1.29 is 33.2 Å². The van der Waals surface area contributed by atoms with Gasteiger partial charge in [-0.2, -0.15) is 0 Å². The Morgan fingerprint density at radius 2 is 1.76 bits per heavy atom. The molecule has 224 valence electrons. The lowest BCUT2D eigenvalue weighted by Crippen LogP contribution is -2.40. The van der Waals surface area contributed by atoms with Crippen molar-refractivity contribution in [2.24, 2.45) is 4.99 Å². The van der Waals surface area contributed by atoms with Gasteiger partial charge in [-0.3, -0.25) is 9.36 Å². The maximum Gasteiger partial charge on any atom is 0.338 e. The Hall–Kier alpha value is -3.36. The highest BCUT2D eigenvalue weighted by atomic mass is 127. The molecular formula is C30H33IN2O8S. The number of ether oxygens (including phenoxy) is 6. The lowest BCUT2D eigenvalue weighted by atomic mass is 9.94. The van der Waals surface area contributed by atoms with E-state index in [-0.39, 0.29) is 24.3 Å². The maximum atomic E-state index is 14.1. The van der Waals surface area contributed by atoms with Gasteiger partial charge in [0.05, 0.1) is 53.4 Å². The maximum absolute atomic E-state index is 14.1. The zero-order valence-electron chi connectivity index (χ0n) is 24.3. The molecule has 2 aromatic carbocycles. The molecule has 0 bridgehead atoms. The second kappa shape index (κ2) is 14.2. The van der Waals surface area contributed by atoms with E-state index in [9.17, 15) is 9.59 Å². The lowest BCUT2D eigenvalue weighted by Gasteiger charge is -2.27. The van der Waals surface area contributed by atoms with E-state index >= 15 is 0 Å². The van der Waals surface area contributed by atoms with Crippen molar-refractivity contribution in [2.45, 2.75) is 26.8 Å². The van der Waals surface area contributed by atoms with Gasteiger partial charge in [-0.05, 0) is 73.2 Å². The highest BCUT2D eigenvalue weighted by Gasteiger charge is 2.36. The van der Waals surface area contributed by atoms with E-state index in [0.29, 0.717) is 56.8 Å². The molecule has 0 unspecified atom stereocenters. The molecule has 1 aliphatic rings. The van der Waals surface area contributed by atoms with Crippen molar-refractivity contribution in [1.82, 2.24) is 4.57 Å². The summed E-state index contributed by atoms with van der Waals surface area (Å²) in [6.45, 7) is 6.63. The number of halogens is 1. The van der Waals surface area contributed by atoms with Crippen LogP contribution in [0, 0.1) is 3.57 Å². The molecule has 4 rings (SSSR count). The van der Waals surface area contributed by atoms with Crippen LogP contribution < -0.4 is 33.8 Å². The van der Waals surface area contributed by atoms with Gasteiger partial charge < -0.3 is 28.4 Å².